The standard InChI is InChI=1S/C15H24N2/c1-12-5-2-3-6-13(12)9-10-17-15-8-4-7-14(16)11-15/h2-3,5-6,14-15,17H,4,7-11,16H2,1H3. The van der Waals surface area contributed by atoms with E-state index in [9.17, 15) is 0 Å². The van der Waals surface area contributed by atoms with Crippen LogP contribution in [0.3, 0.4) is 0 Å². The molecule has 2 heteroatoms. The van der Waals surface area contributed by atoms with Crippen molar-refractivity contribution in [2.24, 2.45) is 5.73 Å². The number of nitrogens with one attached hydrogen (secondary N) is 1. The molecule has 0 radical (unpaired) electrons. The molecule has 1 saturated carbocycles. The smallest absolute Gasteiger partial charge is 0.00819 e. The number of rotatable bonds is 4. The molecular formula is C15H24N2. The SMILES string of the molecule is Cc1ccccc1CCNC1CCCC(N)C1. The van der Waals surface area contributed by atoms with Gasteiger partial charge in [-0.1, -0.05) is 30.7 Å². The number of aryl methyl sites for hydroxylation is 1. The van der Waals surface area contributed by atoms with Gasteiger partial charge in [-0.3, -0.25) is 0 Å². The Bertz CT molecular complexity index is 349. The second-order valence-corrected chi connectivity index (χ2v) is 5.25. The van der Waals surface area contributed by atoms with Crippen LogP contribution in [0.5, 0.6) is 0 Å². The average molecular weight is 232 g/mol. The second-order valence-electron chi connectivity index (χ2n) is 5.25. The molecular weight excluding hydrogens is 208 g/mol. The van der Waals surface area contributed by atoms with Gasteiger partial charge < -0.3 is 11.1 Å². The molecule has 0 aromatic heterocycles. The lowest BCUT2D eigenvalue weighted by Gasteiger charge is -2.27. The van der Waals surface area contributed by atoms with Crippen LogP contribution in [0.4, 0.5) is 0 Å². The van der Waals surface area contributed by atoms with Crippen LogP contribution in [0.1, 0.15) is 36.8 Å². The van der Waals surface area contributed by atoms with Gasteiger partial charge in [0, 0.05) is 12.1 Å². The zero-order valence-electron chi connectivity index (χ0n) is 10.8. The first-order valence-electron chi connectivity index (χ1n) is 6.79. The first-order valence-corrected chi connectivity index (χ1v) is 6.79. The molecule has 2 rings (SSSR count). The van der Waals surface area contributed by atoms with Crippen molar-refractivity contribution in [3.05, 3.63) is 35.4 Å². The molecule has 2 unspecified atom stereocenters. The van der Waals surface area contributed by atoms with Crippen molar-refractivity contribution in [1.29, 1.82) is 0 Å². The Labute approximate surface area is 105 Å². The van der Waals surface area contributed by atoms with E-state index in [1.165, 1.54) is 30.4 Å². The Hall–Kier alpha value is -0.860. The van der Waals surface area contributed by atoms with Gasteiger partial charge in [-0.2, -0.15) is 0 Å². The van der Waals surface area contributed by atoms with Gasteiger partial charge in [0.2, 0.25) is 0 Å². The second kappa shape index (κ2) is 6.18. The zero-order valence-corrected chi connectivity index (χ0v) is 10.8. The van der Waals surface area contributed by atoms with Gasteiger partial charge in [0.25, 0.3) is 0 Å². The van der Waals surface area contributed by atoms with Crippen molar-refractivity contribution in [3.63, 3.8) is 0 Å². The van der Waals surface area contributed by atoms with Gasteiger partial charge in [-0.25, -0.2) is 0 Å². The Morgan fingerprint density at radius 2 is 2.12 bits per heavy atom. The molecule has 1 aromatic carbocycles. The van der Waals surface area contributed by atoms with Crippen LogP contribution in [0.25, 0.3) is 0 Å². The highest BCUT2D eigenvalue weighted by atomic mass is 14.9. The van der Waals surface area contributed by atoms with E-state index < -0.39 is 0 Å². The minimum absolute atomic E-state index is 0.416. The molecule has 0 saturated heterocycles. The fraction of sp³-hybridized carbons (Fsp3) is 0.600. The van der Waals surface area contributed by atoms with Gasteiger partial charge in [0.1, 0.15) is 0 Å². The van der Waals surface area contributed by atoms with Gasteiger partial charge in [0.05, 0.1) is 0 Å². The fourth-order valence-corrected chi connectivity index (χ4v) is 2.71. The molecule has 0 aliphatic heterocycles. The number of nitrogens with two attached hydrogens (primary N) is 1. The predicted octanol–water partition coefficient (Wildman–Crippen LogP) is 2.40. The van der Waals surface area contributed by atoms with Gasteiger partial charge >= 0.3 is 0 Å². The molecule has 1 aliphatic rings. The van der Waals surface area contributed by atoms with Gasteiger partial charge in [-0.15, -0.1) is 0 Å². The molecule has 2 atom stereocenters. The largest absolute Gasteiger partial charge is 0.328 e. The molecule has 0 amide bonds. The molecule has 0 bridgehead atoms. The summed E-state index contributed by atoms with van der Waals surface area (Å²) in [5.74, 6) is 0. The van der Waals surface area contributed by atoms with Crippen molar-refractivity contribution in [1.82, 2.24) is 5.32 Å². The van der Waals surface area contributed by atoms with E-state index in [0.29, 0.717) is 12.1 Å². The Kier molecular flexibility index (Phi) is 4.57. The lowest BCUT2D eigenvalue weighted by molar-refractivity contribution is 0.341. The highest BCUT2D eigenvalue weighted by Gasteiger charge is 2.18. The van der Waals surface area contributed by atoms with E-state index in [2.05, 4.69) is 36.5 Å². The molecule has 3 N–H and O–H groups in total. The predicted molar refractivity (Wildman–Crippen MR) is 73.1 cm³/mol. The van der Waals surface area contributed by atoms with Gasteiger partial charge in [-0.05, 0) is 50.3 Å². The van der Waals surface area contributed by atoms with Crippen LogP contribution in [0, 0.1) is 6.92 Å². The van der Waals surface area contributed by atoms with E-state index in [0.717, 1.165) is 19.4 Å². The fourth-order valence-electron chi connectivity index (χ4n) is 2.71. The molecule has 94 valence electrons. The summed E-state index contributed by atoms with van der Waals surface area (Å²) in [5.41, 5.74) is 8.85. The van der Waals surface area contributed by atoms with Crippen molar-refractivity contribution >= 4 is 0 Å². The third-order valence-electron chi connectivity index (χ3n) is 3.80. The monoisotopic (exact) mass is 232 g/mol. The maximum absolute atomic E-state index is 5.99. The van der Waals surface area contributed by atoms with Crippen LogP contribution in [0.2, 0.25) is 0 Å². The number of hydrogen-bond acceptors (Lipinski definition) is 2. The summed E-state index contributed by atoms with van der Waals surface area (Å²) in [7, 11) is 0. The molecule has 1 aliphatic carbocycles. The molecule has 17 heavy (non-hydrogen) atoms. The maximum Gasteiger partial charge on any atom is 0.00819 e. The van der Waals surface area contributed by atoms with Crippen LogP contribution in [0.15, 0.2) is 24.3 Å². The minimum Gasteiger partial charge on any atom is -0.328 e. The van der Waals surface area contributed by atoms with Crippen LogP contribution >= 0.6 is 0 Å². The minimum atomic E-state index is 0.416. The molecule has 0 heterocycles. The Morgan fingerprint density at radius 1 is 1.29 bits per heavy atom. The first kappa shape index (κ1) is 12.6. The normalized spacial score (nSPS) is 24.8. The van der Waals surface area contributed by atoms with E-state index in [4.69, 9.17) is 5.73 Å². The summed E-state index contributed by atoms with van der Waals surface area (Å²) in [6, 6.07) is 9.70. The summed E-state index contributed by atoms with van der Waals surface area (Å²) in [4.78, 5) is 0. The van der Waals surface area contributed by atoms with E-state index in [-0.39, 0.29) is 0 Å². The highest BCUT2D eigenvalue weighted by molar-refractivity contribution is 5.25. The van der Waals surface area contributed by atoms with Crippen LogP contribution < -0.4 is 11.1 Å². The van der Waals surface area contributed by atoms with E-state index >= 15 is 0 Å². The zero-order chi connectivity index (χ0) is 12.1. The van der Waals surface area contributed by atoms with Crippen molar-refractivity contribution < 1.29 is 0 Å². The first-order chi connectivity index (χ1) is 8.25. The molecule has 1 aromatic rings. The van der Waals surface area contributed by atoms with Crippen molar-refractivity contribution in [2.45, 2.75) is 51.1 Å². The molecule has 0 spiro atoms. The summed E-state index contributed by atoms with van der Waals surface area (Å²) in [6.07, 6.45) is 6.05. The van der Waals surface area contributed by atoms with Crippen molar-refractivity contribution in [3.8, 4) is 0 Å². The van der Waals surface area contributed by atoms with Gasteiger partial charge in [0.15, 0.2) is 0 Å². The van der Waals surface area contributed by atoms with E-state index in [1.807, 2.05) is 0 Å². The topological polar surface area (TPSA) is 38.0 Å². The Morgan fingerprint density at radius 3 is 2.88 bits per heavy atom. The average Bonchev–Trinajstić information content (AvgIpc) is 2.32. The summed E-state index contributed by atoms with van der Waals surface area (Å²) < 4.78 is 0. The summed E-state index contributed by atoms with van der Waals surface area (Å²) in [6.45, 7) is 3.26. The Balaban J connectivity index is 1.74. The molecule has 1 fully saturated rings. The number of hydrogen-bond donors (Lipinski definition) is 2. The summed E-state index contributed by atoms with van der Waals surface area (Å²) in [5, 5.41) is 3.65. The highest BCUT2D eigenvalue weighted by Crippen LogP contribution is 2.17. The quantitative estimate of drug-likeness (QED) is 0.836. The lowest BCUT2D eigenvalue weighted by atomic mass is 9.91. The van der Waals surface area contributed by atoms with Crippen molar-refractivity contribution in [2.75, 3.05) is 6.54 Å². The van der Waals surface area contributed by atoms with Crippen LogP contribution in [-0.2, 0) is 6.42 Å². The van der Waals surface area contributed by atoms with Crippen LogP contribution in [-0.4, -0.2) is 18.6 Å². The lowest BCUT2D eigenvalue weighted by Crippen LogP contribution is -2.40. The van der Waals surface area contributed by atoms with E-state index in [1.54, 1.807) is 0 Å². The third-order valence-corrected chi connectivity index (χ3v) is 3.80. The maximum atomic E-state index is 5.99. The third kappa shape index (κ3) is 3.83. The number of benzene rings is 1. The summed E-state index contributed by atoms with van der Waals surface area (Å²) >= 11 is 0. The molecule has 2 nitrogen and oxygen atoms in total.